The van der Waals surface area contributed by atoms with E-state index in [0.29, 0.717) is 18.0 Å². The molecule has 1 N–H and O–H groups in total. The fourth-order valence-corrected chi connectivity index (χ4v) is 4.13. The molecule has 6 nitrogen and oxygen atoms in total. The molecule has 186 valence electrons. The summed E-state index contributed by atoms with van der Waals surface area (Å²) in [7, 11) is 1.66. The van der Waals surface area contributed by atoms with Gasteiger partial charge in [0.1, 0.15) is 11.5 Å². The lowest BCUT2D eigenvalue weighted by atomic mass is 9.86. The summed E-state index contributed by atoms with van der Waals surface area (Å²) in [6.45, 7) is 6.58. The lowest BCUT2D eigenvalue weighted by molar-refractivity contribution is -0.139. The van der Waals surface area contributed by atoms with Crippen molar-refractivity contribution in [1.82, 2.24) is 9.78 Å². The Balaban J connectivity index is 1.81. The van der Waals surface area contributed by atoms with E-state index in [1.165, 1.54) is 5.56 Å². The number of benzene rings is 3. The number of carbonyl (C=O) groups is 1. The van der Waals surface area contributed by atoms with Gasteiger partial charge in [-0.15, -0.1) is 0 Å². The van der Waals surface area contributed by atoms with Gasteiger partial charge in [0.2, 0.25) is 0 Å². The van der Waals surface area contributed by atoms with Crippen molar-refractivity contribution in [2.75, 3.05) is 13.7 Å². The molecule has 6 heteroatoms. The Morgan fingerprint density at radius 1 is 0.917 bits per heavy atom. The van der Waals surface area contributed by atoms with E-state index >= 15 is 0 Å². The first kappa shape index (κ1) is 25.0. The number of hydrogen-bond acceptors (Lipinski definition) is 4. The average molecular weight is 485 g/mol. The lowest BCUT2D eigenvalue weighted by Gasteiger charge is -2.21. The molecule has 36 heavy (non-hydrogen) atoms. The second-order valence-electron chi connectivity index (χ2n) is 9.72. The van der Waals surface area contributed by atoms with Crippen molar-refractivity contribution in [2.24, 2.45) is 0 Å². The summed E-state index contributed by atoms with van der Waals surface area (Å²) in [4.78, 5) is 11.3. The molecule has 0 aliphatic heterocycles. The van der Waals surface area contributed by atoms with E-state index < -0.39 is 12.6 Å². The summed E-state index contributed by atoms with van der Waals surface area (Å²) >= 11 is 0. The number of aromatic nitrogens is 2. The van der Waals surface area contributed by atoms with Crippen molar-refractivity contribution in [3.8, 4) is 34.0 Å². The molecule has 0 atom stereocenters. The van der Waals surface area contributed by atoms with Crippen molar-refractivity contribution in [3.63, 3.8) is 0 Å². The second-order valence-corrected chi connectivity index (χ2v) is 9.72. The minimum Gasteiger partial charge on any atom is -0.496 e. The molecule has 0 aliphatic carbocycles. The maximum Gasteiger partial charge on any atom is 0.341 e. The lowest BCUT2D eigenvalue weighted by Crippen LogP contribution is -2.13. The summed E-state index contributed by atoms with van der Waals surface area (Å²) in [6.07, 6.45) is 0.815. The highest BCUT2D eigenvalue weighted by atomic mass is 16.5. The zero-order chi connectivity index (χ0) is 25.7. The Labute approximate surface area is 212 Å². The third-order valence-corrected chi connectivity index (χ3v) is 6.09. The van der Waals surface area contributed by atoms with Gasteiger partial charge in [0.25, 0.3) is 0 Å². The fraction of sp³-hybridized carbons (Fsp3) is 0.267. The van der Waals surface area contributed by atoms with E-state index in [0.717, 1.165) is 34.6 Å². The van der Waals surface area contributed by atoms with Gasteiger partial charge in [-0.1, -0.05) is 69.3 Å². The largest absolute Gasteiger partial charge is 0.496 e. The van der Waals surface area contributed by atoms with Gasteiger partial charge in [-0.05, 0) is 53.3 Å². The number of aryl methyl sites for hydroxylation is 2. The Kier molecular flexibility index (Phi) is 7.44. The quantitative estimate of drug-likeness (QED) is 0.305. The Bertz CT molecular complexity index is 1340. The molecule has 0 spiro atoms. The predicted molar refractivity (Wildman–Crippen MR) is 142 cm³/mol. The van der Waals surface area contributed by atoms with Gasteiger partial charge >= 0.3 is 5.97 Å². The van der Waals surface area contributed by atoms with Crippen LogP contribution in [0.5, 0.6) is 11.5 Å². The molecule has 0 radical (unpaired) electrons. The summed E-state index contributed by atoms with van der Waals surface area (Å²) in [6, 6.07) is 26.1. The van der Waals surface area contributed by atoms with Crippen LogP contribution in [0.2, 0.25) is 0 Å². The van der Waals surface area contributed by atoms with Gasteiger partial charge in [0, 0.05) is 17.7 Å². The van der Waals surface area contributed by atoms with Crippen LogP contribution in [0.4, 0.5) is 0 Å². The number of aliphatic carboxylic acids is 1. The minimum absolute atomic E-state index is 0.114. The highest BCUT2D eigenvalue weighted by Gasteiger charge is 2.21. The maximum atomic E-state index is 11.3. The molecule has 0 saturated heterocycles. The fourth-order valence-electron chi connectivity index (χ4n) is 4.13. The molecular weight excluding hydrogens is 452 g/mol. The molecule has 4 aromatic rings. The van der Waals surface area contributed by atoms with Crippen LogP contribution in [0.1, 0.15) is 31.9 Å². The van der Waals surface area contributed by atoms with Crippen LogP contribution in [0.15, 0.2) is 78.9 Å². The van der Waals surface area contributed by atoms with Crippen molar-refractivity contribution in [2.45, 2.75) is 39.2 Å². The molecule has 0 fully saturated rings. The van der Waals surface area contributed by atoms with Crippen molar-refractivity contribution in [1.29, 1.82) is 0 Å². The standard InChI is InChI=1S/C30H32N2O4/c1-30(2,3)22-14-15-23(28(18-22)36-20-29(33)34)25-19-26(24-12-8-9-13-27(24)35-4)32(31-25)17-16-21-10-6-5-7-11-21/h5-15,18-19H,16-17,20H2,1-4H3,(H,33,34). The minimum atomic E-state index is -1.02. The van der Waals surface area contributed by atoms with Crippen LogP contribution in [-0.2, 0) is 23.2 Å². The van der Waals surface area contributed by atoms with Crippen LogP contribution >= 0.6 is 0 Å². The zero-order valence-corrected chi connectivity index (χ0v) is 21.2. The number of para-hydroxylation sites is 1. The number of hydrogen-bond donors (Lipinski definition) is 1. The Morgan fingerprint density at radius 2 is 1.64 bits per heavy atom. The number of carboxylic acid groups (broad SMARTS) is 1. The molecule has 1 aromatic heterocycles. The Hall–Kier alpha value is -4.06. The summed E-state index contributed by atoms with van der Waals surface area (Å²) in [5.74, 6) is 0.240. The molecule has 4 rings (SSSR count). The van der Waals surface area contributed by atoms with Crippen LogP contribution in [0.25, 0.3) is 22.5 Å². The van der Waals surface area contributed by atoms with Crippen molar-refractivity contribution >= 4 is 5.97 Å². The van der Waals surface area contributed by atoms with Crippen LogP contribution in [-0.4, -0.2) is 34.6 Å². The molecule has 0 unspecified atom stereocenters. The smallest absolute Gasteiger partial charge is 0.341 e. The van der Waals surface area contributed by atoms with E-state index in [4.69, 9.17) is 14.6 Å². The first-order valence-corrected chi connectivity index (χ1v) is 12.0. The van der Waals surface area contributed by atoms with Crippen LogP contribution < -0.4 is 9.47 Å². The number of carboxylic acids is 1. The number of methoxy groups -OCH3 is 1. The van der Waals surface area contributed by atoms with Gasteiger partial charge in [-0.2, -0.15) is 5.10 Å². The molecule has 0 saturated carbocycles. The van der Waals surface area contributed by atoms with Gasteiger partial charge in [-0.3, -0.25) is 4.68 Å². The molecule has 3 aromatic carbocycles. The molecule has 1 heterocycles. The van der Waals surface area contributed by atoms with Gasteiger partial charge in [0.05, 0.1) is 18.5 Å². The number of nitrogens with zero attached hydrogens (tertiary/aromatic N) is 2. The average Bonchev–Trinajstić information content (AvgIpc) is 3.30. The zero-order valence-electron chi connectivity index (χ0n) is 21.2. The topological polar surface area (TPSA) is 73.6 Å². The maximum absolute atomic E-state index is 11.3. The van der Waals surface area contributed by atoms with Crippen molar-refractivity contribution in [3.05, 3.63) is 90.0 Å². The number of ether oxygens (including phenoxy) is 2. The summed E-state index contributed by atoms with van der Waals surface area (Å²) in [5.41, 5.74) is 5.48. The van der Waals surface area contributed by atoms with E-state index in [2.05, 4.69) is 39.0 Å². The Morgan fingerprint density at radius 3 is 2.33 bits per heavy atom. The van der Waals surface area contributed by atoms with Gasteiger partial charge in [-0.25, -0.2) is 4.79 Å². The van der Waals surface area contributed by atoms with Crippen LogP contribution in [0.3, 0.4) is 0 Å². The SMILES string of the molecule is COc1ccccc1-c1cc(-c2ccc(C(C)(C)C)cc2OCC(=O)O)nn1CCc1ccccc1. The third-order valence-electron chi connectivity index (χ3n) is 6.09. The molecule has 0 amide bonds. The van der Waals surface area contributed by atoms with Crippen molar-refractivity contribution < 1.29 is 19.4 Å². The third kappa shape index (κ3) is 5.77. The summed E-state index contributed by atoms with van der Waals surface area (Å²) < 4.78 is 13.4. The first-order chi connectivity index (χ1) is 17.3. The van der Waals surface area contributed by atoms with E-state index in [-0.39, 0.29) is 5.41 Å². The second kappa shape index (κ2) is 10.7. The highest BCUT2D eigenvalue weighted by Crippen LogP contribution is 2.38. The van der Waals surface area contributed by atoms with E-state index in [1.54, 1.807) is 7.11 Å². The molecule has 0 aliphatic rings. The van der Waals surface area contributed by atoms with Crippen LogP contribution in [0, 0.1) is 0 Å². The van der Waals surface area contributed by atoms with E-state index in [9.17, 15) is 9.90 Å². The molecular formula is C30H32N2O4. The first-order valence-electron chi connectivity index (χ1n) is 12.0. The van der Waals surface area contributed by atoms with E-state index in [1.807, 2.05) is 65.3 Å². The monoisotopic (exact) mass is 484 g/mol. The normalized spacial score (nSPS) is 11.3. The summed E-state index contributed by atoms with van der Waals surface area (Å²) in [5, 5.41) is 14.2. The number of rotatable bonds is 9. The predicted octanol–water partition coefficient (Wildman–Crippen LogP) is 6.23. The highest BCUT2D eigenvalue weighted by molar-refractivity contribution is 5.76. The van der Waals surface area contributed by atoms with Gasteiger partial charge < -0.3 is 14.6 Å². The molecule has 0 bridgehead atoms. The van der Waals surface area contributed by atoms with Gasteiger partial charge in [0.15, 0.2) is 6.61 Å².